The molecule has 0 saturated carbocycles. The molecule has 0 fully saturated rings. The average Bonchev–Trinajstić information content (AvgIpc) is 1.83. The maximum atomic E-state index is 9.91. The molecular weight excluding hydrogens is 292 g/mol. The second-order valence-electron chi connectivity index (χ2n) is 5.07. The molecule has 0 unspecified atom stereocenters. The Kier molecular flexibility index (Phi) is 9.45. The first-order chi connectivity index (χ1) is 5.89. The first-order valence-electron chi connectivity index (χ1n) is 4.32. The van der Waals surface area contributed by atoms with Crippen molar-refractivity contribution >= 4 is 11.9 Å². The van der Waals surface area contributed by atoms with E-state index in [2.05, 4.69) is 0 Å². The Labute approximate surface area is 107 Å². The molecule has 5 heteroatoms. The van der Waals surface area contributed by atoms with Crippen LogP contribution in [0.5, 0.6) is 0 Å². The first kappa shape index (κ1) is 20.1. The molecule has 0 heterocycles. The van der Waals surface area contributed by atoms with Gasteiger partial charge >= 0.3 is 22.4 Å². The second kappa shape index (κ2) is 7.04. The van der Waals surface area contributed by atoms with E-state index in [4.69, 9.17) is 0 Å². The SMILES string of the molecule is CC(C)(C)C(=O)[O-].CC(C)(C)C(=O)[O-].[Ag+2]. The van der Waals surface area contributed by atoms with Gasteiger partial charge in [0.1, 0.15) is 0 Å². The largest absolute Gasteiger partial charge is 2.00 e. The number of hydrogen-bond acceptors (Lipinski definition) is 4. The molecule has 0 N–H and O–H groups in total. The Morgan fingerprint density at radius 1 is 0.733 bits per heavy atom. The molecule has 93 valence electrons. The fourth-order valence-corrected chi connectivity index (χ4v) is 0. The van der Waals surface area contributed by atoms with Crippen molar-refractivity contribution in [3.8, 4) is 0 Å². The molecular formula is C10H18AgO4. The standard InChI is InChI=1S/2C5H10O2.Ag/c2*1-5(2,3)4(6)7;/h2*1-3H3,(H,6,7);/q;;+2/p-2. The molecule has 0 aliphatic carbocycles. The normalized spacial score (nSPS) is 10.5. The molecule has 0 atom stereocenters. The summed E-state index contributed by atoms with van der Waals surface area (Å²) in [5.74, 6) is -2.01. The van der Waals surface area contributed by atoms with Crippen LogP contribution in [0.25, 0.3) is 0 Å². The van der Waals surface area contributed by atoms with Gasteiger partial charge in [-0.3, -0.25) is 0 Å². The van der Waals surface area contributed by atoms with Crippen molar-refractivity contribution in [3.05, 3.63) is 0 Å². The van der Waals surface area contributed by atoms with E-state index >= 15 is 0 Å². The number of carbonyl (C=O) groups is 2. The van der Waals surface area contributed by atoms with Gasteiger partial charge in [0.05, 0.1) is 0 Å². The van der Waals surface area contributed by atoms with Gasteiger partial charge in [0.2, 0.25) is 0 Å². The summed E-state index contributed by atoms with van der Waals surface area (Å²) in [5.41, 5.74) is -1.39. The zero-order valence-electron chi connectivity index (χ0n) is 9.93. The van der Waals surface area contributed by atoms with E-state index in [-0.39, 0.29) is 22.4 Å². The fourth-order valence-electron chi connectivity index (χ4n) is 0. The topological polar surface area (TPSA) is 80.3 Å². The van der Waals surface area contributed by atoms with Gasteiger partial charge in [-0.25, -0.2) is 0 Å². The first-order valence-corrected chi connectivity index (χ1v) is 4.32. The number of hydrogen-bond donors (Lipinski definition) is 0. The molecule has 0 bridgehead atoms. The van der Waals surface area contributed by atoms with Crippen LogP contribution < -0.4 is 10.2 Å². The quantitative estimate of drug-likeness (QED) is 0.568. The van der Waals surface area contributed by atoms with E-state index in [0.29, 0.717) is 0 Å². The van der Waals surface area contributed by atoms with Gasteiger partial charge in [-0.1, -0.05) is 41.5 Å². The van der Waals surface area contributed by atoms with Crippen molar-refractivity contribution in [3.63, 3.8) is 0 Å². The molecule has 1 radical (unpaired) electrons. The Morgan fingerprint density at radius 2 is 0.800 bits per heavy atom. The van der Waals surface area contributed by atoms with E-state index in [9.17, 15) is 19.8 Å². The van der Waals surface area contributed by atoms with Crippen LogP contribution in [0.4, 0.5) is 0 Å². The third-order valence-corrected chi connectivity index (χ3v) is 1.22. The third-order valence-electron chi connectivity index (χ3n) is 1.22. The van der Waals surface area contributed by atoms with Crippen LogP contribution in [-0.2, 0) is 32.0 Å². The van der Waals surface area contributed by atoms with E-state index < -0.39 is 22.8 Å². The minimum atomic E-state index is -1.01. The van der Waals surface area contributed by atoms with Crippen LogP contribution in [0.2, 0.25) is 0 Å². The van der Waals surface area contributed by atoms with E-state index in [1.807, 2.05) is 0 Å². The number of carboxylic acid groups (broad SMARTS) is 2. The minimum absolute atomic E-state index is 0. The van der Waals surface area contributed by atoms with Crippen LogP contribution in [-0.4, -0.2) is 11.9 Å². The van der Waals surface area contributed by atoms with Gasteiger partial charge in [0.15, 0.2) is 0 Å². The average molecular weight is 310 g/mol. The summed E-state index contributed by atoms with van der Waals surface area (Å²) in [5, 5.41) is 19.8. The van der Waals surface area contributed by atoms with Crippen molar-refractivity contribution in [2.24, 2.45) is 10.8 Å². The summed E-state index contributed by atoms with van der Waals surface area (Å²) >= 11 is 0. The summed E-state index contributed by atoms with van der Waals surface area (Å²) in [7, 11) is 0. The van der Waals surface area contributed by atoms with Crippen LogP contribution in [0, 0.1) is 10.8 Å². The van der Waals surface area contributed by atoms with Crippen LogP contribution >= 0.6 is 0 Å². The molecule has 0 aromatic rings. The monoisotopic (exact) mass is 309 g/mol. The molecule has 0 saturated heterocycles. The minimum Gasteiger partial charge on any atom is -0.550 e. The molecule has 0 rings (SSSR count). The zero-order valence-corrected chi connectivity index (χ0v) is 11.4. The fraction of sp³-hybridized carbons (Fsp3) is 0.800. The Hall–Kier alpha value is -0.320. The van der Waals surface area contributed by atoms with Gasteiger partial charge in [-0.2, -0.15) is 0 Å². The second-order valence-corrected chi connectivity index (χ2v) is 5.07. The third kappa shape index (κ3) is 13.7. The predicted molar refractivity (Wildman–Crippen MR) is 48.9 cm³/mol. The van der Waals surface area contributed by atoms with Crippen molar-refractivity contribution in [1.29, 1.82) is 0 Å². The van der Waals surface area contributed by atoms with Crippen LogP contribution in [0.3, 0.4) is 0 Å². The summed E-state index contributed by atoms with van der Waals surface area (Å²) < 4.78 is 0. The molecule has 0 aromatic carbocycles. The van der Waals surface area contributed by atoms with E-state index in [1.54, 1.807) is 41.5 Å². The van der Waals surface area contributed by atoms with Gasteiger partial charge in [0, 0.05) is 22.8 Å². The van der Waals surface area contributed by atoms with Gasteiger partial charge in [-0.15, -0.1) is 0 Å². The molecule has 15 heavy (non-hydrogen) atoms. The number of carbonyl (C=O) groups excluding carboxylic acids is 2. The van der Waals surface area contributed by atoms with E-state index in [0.717, 1.165) is 0 Å². The molecule has 0 spiro atoms. The Bertz CT molecular complexity index is 186. The van der Waals surface area contributed by atoms with Crippen LogP contribution in [0.1, 0.15) is 41.5 Å². The molecule has 0 aromatic heterocycles. The molecule has 4 nitrogen and oxygen atoms in total. The number of rotatable bonds is 0. The van der Waals surface area contributed by atoms with Crippen LogP contribution in [0.15, 0.2) is 0 Å². The number of carboxylic acids is 2. The van der Waals surface area contributed by atoms with E-state index in [1.165, 1.54) is 0 Å². The van der Waals surface area contributed by atoms with Crippen molar-refractivity contribution in [1.82, 2.24) is 0 Å². The van der Waals surface area contributed by atoms with Crippen molar-refractivity contribution in [2.45, 2.75) is 41.5 Å². The summed E-state index contributed by atoms with van der Waals surface area (Å²) in [4.78, 5) is 19.8. The van der Waals surface area contributed by atoms with Gasteiger partial charge in [0.25, 0.3) is 0 Å². The van der Waals surface area contributed by atoms with Gasteiger partial charge in [-0.05, 0) is 0 Å². The molecule has 0 aliphatic rings. The smallest absolute Gasteiger partial charge is 0.550 e. The maximum Gasteiger partial charge on any atom is 2.00 e. The Balaban J connectivity index is -0.000000180. The van der Waals surface area contributed by atoms with Gasteiger partial charge < -0.3 is 19.8 Å². The summed E-state index contributed by atoms with van der Waals surface area (Å²) in [6, 6.07) is 0. The predicted octanol–water partition coefficient (Wildman–Crippen LogP) is -0.438. The molecule has 0 amide bonds. The Morgan fingerprint density at radius 3 is 0.800 bits per heavy atom. The summed E-state index contributed by atoms with van der Waals surface area (Å²) in [6.07, 6.45) is 0. The maximum absolute atomic E-state index is 9.91. The molecule has 0 aliphatic heterocycles. The van der Waals surface area contributed by atoms with Crippen molar-refractivity contribution < 1.29 is 42.2 Å². The van der Waals surface area contributed by atoms with Crippen molar-refractivity contribution in [2.75, 3.05) is 0 Å². The number of aliphatic carboxylic acids is 2. The zero-order chi connectivity index (χ0) is 12.2. The summed E-state index contributed by atoms with van der Waals surface area (Å²) in [6.45, 7) is 9.60.